The van der Waals surface area contributed by atoms with Crippen molar-refractivity contribution in [1.82, 2.24) is 5.32 Å². The van der Waals surface area contributed by atoms with Crippen LogP contribution in [0.25, 0.3) is 0 Å². The minimum atomic E-state index is -3.84. The number of nitrogens with two attached hydrogens (primary N) is 1. The number of alkyl carbamates (subject to hydrolysis) is 1. The van der Waals surface area contributed by atoms with Gasteiger partial charge in [-0.25, -0.2) is 21.6 Å². The molecule has 0 spiro atoms. The summed E-state index contributed by atoms with van der Waals surface area (Å²) in [6.07, 6.45) is -1.99. The number of carbonyl (C=O) groups is 1. The second kappa shape index (κ2) is 15.9. The number of hydrogen-bond acceptors (Lipinski definition) is 9. The van der Waals surface area contributed by atoms with Gasteiger partial charge in [-0.2, -0.15) is 0 Å². The average molecular weight is 765 g/mol. The highest BCUT2D eigenvalue weighted by atomic mass is 32.2. The van der Waals surface area contributed by atoms with Crippen LogP contribution in [0.2, 0.25) is 0 Å². The number of sulfonamides is 2. The average Bonchev–Trinajstić information content (AvgIpc) is 3.32. The molecule has 14 heteroatoms. The Kier molecular flexibility index (Phi) is 11.9. The van der Waals surface area contributed by atoms with Gasteiger partial charge in [0.15, 0.2) is 0 Å². The molecule has 12 nitrogen and oxygen atoms in total. The fourth-order valence-electron chi connectivity index (χ4n) is 6.24. The lowest BCUT2D eigenvalue weighted by Gasteiger charge is -2.25. The fourth-order valence-corrected chi connectivity index (χ4v) is 9.25. The number of aliphatic hydroxyl groups excluding tert-OH is 2. The molecule has 53 heavy (non-hydrogen) atoms. The van der Waals surface area contributed by atoms with Crippen LogP contribution in [0, 0.1) is 13.8 Å². The molecule has 4 aromatic rings. The Balaban J connectivity index is 0.000000211. The maximum atomic E-state index is 13.4. The number of nitrogens with zero attached hydrogens (tertiary/aromatic N) is 2. The zero-order valence-corrected chi connectivity index (χ0v) is 32.1. The van der Waals surface area contributed by atoms with Gasteiger partial charge in [-0.15, -0.1) is 0 Å². The van der Waals surface area contributed by atoms with Crippen molar-refractivity contribution in [2.24, 2.45) is 5.73 Å². The Morgan fingerprint density at radius 2 is 1.11 bits per heavy atom. The molecule has 0 bridgehead atoms. The molecule has 4 atom stereocenters. The van der Waals surface area contributed by atoms with Crippen LogP contribution in [0.15, 0.2) is 107 Å². The summed E-state index contributed by atoms with van der Waals surface area (Å²) in [6.45, 7) is 9.40. The second-order valence-electron chi connectivity index (χ2n) is 14.3. The van der Waals surface area contributed by atoms with Gasteiger partial charge < -0.3 is 26.0 Å². The van der Waals surface area contributed by atoms with E-state index in [2.05, 4.69) is 5.32 Å². The molecule has 1 amide bonds. The highest BCUT2D eigenvalue weighted by Crippen LogP contribution is 2.37. The Labute approximate surface area is 312 Å². The zero-order valence-electron chi connectivity index (χ0n) is 30.5. The highest BCUT2D eigenvalue weighted by Gasteiger charge is 2.36. The number of carbonyl (C=O) groups excluding carboxylic acids is 1. The van der Waals surface area contributed by atoms with Crippen LogP contribution in [-0.4, -0.2) is 63.9 Å². The maximum absolute atomic E-state index is 13.4. The van der Waals surface area contributed by atoms with Crippen LogP contribution < -0.4 is 19.7 Å². The van der Waals surface area contributed by atoms with Crippen LogP contribution in [0.5, 0.6) is 0 Å². The van der Waals surface area contributed by atoms with Crippen LogP contribution in [-0.2, 0) is 24.8 Å². The standard InChI is InChI=1S/C22H28N2O5S.C17H20N2O3S/c1-15-9-11-16(12-10-15)30(27,28)24-14-13-18(23-21(26)29-22(2,3)4)20(25)17-7-5-6-8-19(17)24;1-12-6-8-13(9-7-12)23(21,22)19-11-10-15(18)17(20)14-4-2-3-5-16(14)19/h5-12,18,20,25H,13-14H2,1-4H3,(H,23,26);2-9,15,17,20H,10-11,18H2,1H3. The lowest BCUT2D eigenvalue weighted by atomic mass is 10.0. The first-order valence-electron chi connectivity index (χ1n) is 17.4. The number of aryl methyl sites for hydroxylation is 2. The minimum Gasteiger partial charge on any atom is -0.444 e. The van der Waals surface area contributed by atoms with Crippen LogP contribution in [0.4, 0.5) is 16.2 Å². The molecular formula is C39H48N4O8S2. The van der Waals surface area contributed by atoms with E-state index in [-0.39, 0.29) is 29.3 Å². The molecule has 0 aromatic heterocycles. The van der Waals surface area contributed by atoms with Gasteiger partial charge in [-0.3, -0.25) is 8.61 Å². The van der Waals surface area contributed by atoms with Gasteiger partial charge in [0.25, 0.3) is 20.0 Å². The molecule has 284 valence electrons. The van der Waals surface area contributed by atoms with Crippen molar-refractivity contribution in [3.8, 4) is 0 Å². The summed E-state index contributed by atoms with van der Waals surface area (Å²) in [5.74, 6) is 0. The maximum Gasteiger partial charge on any atom is 0.407 e. The van der Waals surface area contributed by atoms with E-state index in [0.29, 0.717) is 28.9 Å². The number of amides is 1. The predicted molar refractivity (Wildman–Crippen MR) is 205 cm³/mol. The predicted octanol–water partition coefficient (Wildman–Crippen LogP) is 5.48. The SMILES string of the molecule is Cc1ccc(S(=O)(=O)N2CCC(N)C(O)c3ccccc32)cc1.Cc1ccc(S(=O)(=O)N2CCC(NC(=O)OC(C)(C)C)C(O)c3ccccc32)cc1. The van der Waals surface area contributed by atoms with Gasteiger partial charge in [-0.1, -0.05) is 71.8 Å². The summed E-state index contributed by atoms with van der Waals surface area (Å²) in [5, 5.41) is 24.0. The van der Waals surface area contributed by atoms with Crippen molar-refractivity contribution < 1.29 is 36.6 Å². The van der Waals surface area contributed by atoms with Crippen LogP contribution in [0.1, 0.15) is 68.1 Å². The van der Waals surface area contributed by atoms with Gasteiger partial charge >= 0.3 is 6.09 Å². The van der Waals surface area contributed by atoms with E-state index in [1.54, 1.807) is 118 Å². The summed E-state index contributed by atoms with van der Waals surface area (Å²) in [4.78, 5) is 12.7. The number of hydrogen-bond donors (Lipinski definition) is 4. The monoisotopic (exact) mass is 764 g/mol. The molecule has 0 saturated heterocycles. The first kappa shape index (κ1) is 39.7. The largest absolute Gasteiger partial charge is 0.444 e. The number of ether oxygens (including phenoxy) is 1. The normalized spacial score (nSPS) is 20.5. The summed E-state index contributed by atoms with van der Waals surface area (Å²) in [7, 11) is -7.54. The van der Waals surface area contributed by atoms with E-state index in [1.807, 2.05) is 13.8 Å². The van der Waals surface area contributed by atoms with Crippen molar-refractivity contribution in [2.75, 3.05) is 21.7 Å². The van der Waals surface area contributed by atoms with Crippen molar-refractivity contribution >= 4 is 37.5 Å². The number of aliphatic hydroxyl groups is 2. The van der Waals surface area contributed by atoms with E-state index in [4.69, 9.17) is 10.5 Å². The van der Waals surface area contributed by atoms with Crippen molar-refractivity contribution in [3.05, 3.63) is 119 Å². The topological polar surface area (TPSA) is 180 Å². The molecule has 0 radical (unpaired) electrons. The molecule has 0 aliphatic carbocycles. The van der Waals surface area contributed by atoms with E-state index < -0.39 is 56.0 Å². The zero-order chi connectivity index (χ0) is 38.7. The summed E-state index contributed by atoms with van der Waals surface area (Å²) in [5.41, 5.74) is 9.14. The molecule has 4 unspecified atom stereocenters. The molecular weight excluding hydrogens is 717 g/mol. The van der Waals surface area contributed by atoms with Gasteiger partial charge in [0, 0.05) is 30.3 Å². The third-order valence-corrected chi connectivity index (χ3v) is 12.7. The molecule has 5 N–H and O–H groups in total. The fraction of sp³-hybridized carbons (Fsp3) is 0.359. The number of para-hydroxylation sites is 2. The molecule has 0 fully saturated rings. The summed E-state index contributed by atoms with van der Waals surface area (Å²) in [6, 6.07) is 26.0. The van der Waals surface area contributed by atoms with Crippen LogP contribution >= 0.6 is 0 Å². The Hall–Kier alpha value is -4.47. The number of rotatable bonds is 5. The highest BCUT2D eigenvalue weighted by molar-refractivity contribution is 7.93. The number of fused-ring (bicyclic) bond motifs is 2. The Morgan fingerprint density at radius 3 is 1.57 bits per heavy atom. The lowest BCUT2D eigenvalue weighted by Crippen LogP contribution is -2.43. The molecule has 2 aliphatic rings. The van der Waals surface area contributed by atoms with Crippen molar-refractivity contribution in [2.45, 2.75) is 87.1 Å². The summed E-state index contributed by atoms with van der Waals surface area (Å²) >= 11 is 0. The van der Waals surface area contributed by atoms with Gasteiger partial charge in [0.2, 0.25) is 0 Å². The molecule has 0 saturated carbocycles. The minimum absolute atomic E-state index is 0.102. The van der Waals surface area contributed by atoms with E-state index in [0.717, 1.165) is 11.1 Å². The molecule has 6 rings (SSSR count). The van der Waals surface area contributed by atoms with Gasteiger partial charge in [0.1, 0.15) is 11.7 Å². The van der Waals surface area contributed by atoms with Gasteiger partial charge in [-0.05, 0) is 83.9 Å². The van der Waals surface area contributed by atoms with E-state index in [1.165, 1.54) is 8.61 Å². The molecule has 4 aromatic carbocycles. The van der Waals surface area contributed by atoms with Crippen molar-refractivity contribution in [1.29, 1.82) is 0 Å². The molecule has 2 aliphatic heterocycles. The quantitative estimate of drug-likeness (QED) is 0.205. The lowest BCUT2D eigenvalue weighted by molar-refractivity contribution is 0.0419. The third kappa shape index (κ3) is 9.02. The van der Waals surface area contributed by atoms with E-state index in [9.17, 15) is 31.8 Å². The number of benzene rings is 4. The number of anilines is 2. The number of nitrogens with one attached hydrogen (secondary N) is 1. The van der Waals surface area contributed by atoms with Gasteiger partial charge in [0.05, 0.1) is 33.3 Å². The van der Waals surface area contributed by atoms with E-state index >= 15 is 0 Å². The Morgan fingerprint density at radius 1 is 0.698 bits per heavy atom. The smallest absolute Gasteiger partial charge is 0.407 e. The van der Waals surface area contributed by atoms with Crippen molar-refractivity contribution in [3.63, 3.8) is 0 Å². The third-order valence-electron chi connectivity index (χ3n) is 9.06. The second-order valence-corrected chi connectivity index (χ2v) is 18.0. The van der Waals surface area contributed by atoms with Crippen LogP contribution in [0.3, 0.4) is 0 Å². The Bertz CT molecular complexity index is 2120. The molecule has 2 heterocycles. The summed E-state index contributed by atoms with van der Waals surface area (Å²) < 4.78 is 60.7. The first-order valence-corrected chi connectivity index (χ1v) is 20.3. The first-order chi connectivity index (χ1) is 24.9.